The molecule has 0 aromatic carbocycles. The van der Waals surface area contributed by atoms with Gasteiger partial charge in [0.05, 0.1) is 25.4 Å². The molecule has 0 aromatic rings. The summed E-state index contributed by atoms with van der Waals surface area (Å²) in [6, 6.07) is -0.537. The molecule has 6 nitrogen and oxygen atoms in total. The Morgan fingerprint density at radius 2 is 0.494 bits per heavy atom. The number of ether oxygens (including phenoxy) is 1. The van der Waals surface area contributed by atoms with Crippen LogP contribution in [0, 0.1) is 0 Å². The van der Waals surface area contributed by atoms with Gasteiger partial charge in [-0.2, -0.15) is 0 Å². The van der Waals surface area contributed by atoms with Crippen LogP contribution in [0.25, 0.3) is 0 Å². The van der Waals surface area contributed by atoms with Gasteiger partial charge in [-0.1, -0.05) is 418 Å². The summed E-state index contributed by atoms with van der Waals surface area (Å²) < 4.78 is 5.52. The summed E-state index contributed by atoms with van der Waals surface area (Å²) in [6.45, 7) is 5.02. The molecule has 2 unspecified atom stereocenters. The molecule has 3 N–H and O–H groups in total. The van der Waals surface area contributed by atoms with Crippen LogP contribution < -0.4 is 5.32 Å². The van der Waals surface area contributed by atoms with Crippen molar-refractivity contribution in [3.63, 3.8) is 0 Å². The first-order valence-corrected chi connectivity index (χ1v) is 38.8. The zero-order valence-corrected chi connectivity index (χ0v) is 57.0. The second-order valence-corrected chi connectivity index (χ2v) is 27.1. The van der Waals surface area contributed by atoms with Gasteiger partial charge in [0.25, 0.3) is 0 Å². The summed E-state index contributed by atoms with van der Waals surface area (Å²) >= 11 is 0. The molecule has 0 aromatic heterocycles. The Kier molecular flexibility index (Phi) is 72.3. The van der Waals surface area contributed by atoms with Crippen LogP contribution >= 0.6 is 0 Å². The van der Waals surface area contributed by atoms with E-state index in [2.05, 4.69) is 19.2 Å². The van der Waals surface area contributed by atoms with Gasteiger partial charge in [-0.25, -0.2) is 0 Å². The van der Waals surface area contributed by atoms with Gasteiger partial charge in [-0.3, -0.25) is 9.59 Å². The highest BCUT2D eigenvalue weighted by Crippen LogP contribution is 2.20. The third kappa shape index (κ3) is 69.8. The quantitative estimate of drug-likeness (QED) is 0.0417. The number of amides is 1. The number of unbranched alkanes of at least 4 members (excludes halogenated alkanes) is 63. The van der Waals surface area contributed by atoms with Crippen molar-refractivity contribution in [3.05, 3.63) is 0 Å². The van der Waals surface area contributed by atoms with Crippen LogP contribution in [0.2, 0.25) is 0 Å². The average molecular weight is 1170 g/mol. The van der Waals surface area contributed by atoms with Gasteiger partial charge < -0.3 is 20.3 Å². The minimum Gasteiger partial charge on any atom is -0.466 e. The summed E-state index contributed by atoms with van der Waals surface area (Å²) in [5, 5.41) is 23.4. The first kappa shape index (κ1) is 81.9. The van der Waals surface area contributed by atoms with E-state index in [4.69, 9.17) is 4.74 Å². The number of hydrogen-bond acceptors (Lipinski definition) is 5. The van der Waals surface area contributed by atoms with E-state index in [1.807, 2.05) is 0 Å². The topological polar surface area (TPSA) is 95.9 Å². The maximum atomic E-state index is 12.5. The minimum atomic E-state index is -0.661. The summed E-state index contributed by atoms with van der Waals surface area (Å²) in [4.78, 5) is 24.7. The van der Waals surface area contributed by atoms with E-state index < -0.39 is 12.1 Å². The van der Waals surface area contributed by atoms with Crippen molar-refractivity contribution in [1.29, 1.82) is 0 Å². The Balaban J connectivity index is 3.30. The van der Waals surface area contributed by atoms with Crippen molar-refractivity contribution in [2.24, 2.45) is 0 Å². The van der Waals surface area contributed by atoms with Crippen LogP contribution in [0.1, 0.15) is 457 Å². The molecular formula is C77H153NO5. The molecule has 0 spiro atoms. The van der Waals surface area contributed by atoms with Gasteiger partial charge >= 0.3 is 5.97 Å². The Morgan fingerprint density at radius 1 is 0.289 bits per heavy atom. The molecule has 496 valence electrons. The molecule has 0 fully saturated rings. The van der Waals surface area contributed by atoms with Crippen molar-refractivity contribution in [1.82, 2.24) is 5.32 Å². The molecule has 2 atom stereocenters. The molecule has 0 bridgehead atoms. The lowest BCUT2D eigenvalue weighted by Gasteiger charge is -2.22. The second kappa shape index (κ2) is 73.3. The number of aliphatic hydroxyl groups is 2. The standard InChI is InChI=1S/C77H153NO5/c1-3-5-7-9-11-13-15-17-19-21-39-43-47-51-55-59-63-67-71-77(82)83-72-68-64-60-56-52-48-44-40-36-34-32-30-28-26-24-22-23-25-27-29-31-33-35-38-42-46-50-54-58-62-66-70-76(81)78-74(73-79)75(80)69-65-61-57-53-49-45-41-37-20-18-16-14-12-10-8-6-4-2/h74-75,79-80H,3-73H2,1-2H3,(H,78,81). The fraction of sp³-hybridized carbons (Fsp3) is 0.974. The molecule has 0 aliphatic heterocycles. The van der Waals surface area contributed by atoms with E-state index in [0.29, 0.717) is 25.9 Å². The largest absolute Gasteiger partial charge is 0.466 e. The van der Waals surface area contributed by atoms with Crippen LogP contribution in [-0.4, -0.2) is 47.4 Å². The summed E-state index contributed by atoms with van der Waals surface area (Å²) in [5.74, 6) is 0.000786. The third-order valence-corrected chi connectivity index (χ3v) is 18.7. The first-order valence-electron chi connectivity index (χ1n) is 38.8. The van der Waals surface area contributed by atoms with Gasteiger partial charge in [0.2, 0.25) is 5.91 Å². The predicted octanol–water partition coefficient (Wildman–Crippen LogP) is 25.3. The Morgan fingerprint density at radius 3 is 0.735 bits per heavy atom. The van der Waals surface area contributed by atoms with E-state index in [0.717, 1.165) is 38.5 Å². The monoisotopic (exact) mass is 1170 g/mol. The zero-order chi connectivity index (χ0) is 59.9. The Bertz CT molecular complexity index is 1210. The van der Waals surface area contributed by atoms with E-state index in [9.17, 15) is 19.8 Å². The molecule has 0 rings (SSSR count). The zero-order valence-electron chi connectivity index (χ0n) is 57.0. The molecule has 6 heteroatoms. The van der Waals surface area contributed by atoms with E-state index >= 15 is 0 Å². The lowest BCUT2D eigenvalue weighted by atomic mass is 10.0. The summed E-state index contributed by atoms with van der Waals surface area (Å²) in [7, 11) is 0. The number of carbonyl (C=O) groups is 2. The van der Waals surface area contributed by atoms with Crippen molar-refractivity contribution >= 4 is 11.9 Å². The summed E-state index contributed by atoms with van der Waals surface area (Å²) in [5.41, 5.74) is 0. The van der Waals surface area contributed by atoms with Crippen molar-refractivity contribution in [3.8, 4) is 0 Å². The summed E-state index contributed by atoms with van der Waals surface area (Å²) in [6.07, 6.45) is 90.4. The molecule has 0 radical (unpaired) electrons. The maximum Gasteiger partial charge on any atom is 0.305 e. The number of rotatable bonds is 74. The molecule has 0 saturated heterocycles. The Hall–Kier alpha value is -1.14. The molecule has 0 saturated carbocycles. The molecule has 0 aliphatic carbocycles. The van der Waals surface area contributed by atoms with Gasteiger partial charge in [0, 0.05) is 12.8 Å². The second-order valence-electron chi connectivity index (χ2n) is 27.1. The van der Waals surface area contributed by atoms with Crippen LogP contribution in [0.5, 0.6) is 0 Å². The lowest BCUT2D eigenvalue weighted by Crippen LogP contribution is -2.45. The fourth-order valence-electron chi connectivity index (χ4n) is 12.8. The highest BCUT2D eigenvalue weighted by molar-refractivity contribution is 5.76. The molecule has 83 heavy (non-hydrogen) atoms. The highest BCUT2D eigenvalue weighted by Gasteiger charge is 2.20. The van der Waals surface area contributed by atoms with Gasteiger partial charge in [0.15, 0.2) is 0 Å². The third-order valence-electron chi connectivity index (χ3n) is 18.7. The van der Waals surface area contributed by atoms with E-state index in [1.54, 1.807) is 0 Å². The molecule has 0 heterocycles. The van der Waals surface area contributed by atoms with Crippen molar-refractivity contribution in [2.45, 2.75) is 469 Å². The highest BCUT2D eigenvalue weighted by atomic mass is 16.5. The van der Waals surface area contributed by atoms with E-state index in [-0.39, 0.29) is 18.5 Å². The number of carbonyl (C=O) groups excluding carboxylic acids is 2. The maximum absolute atomic E-state index is 12.5. The predicted molar refractivity (Wildman–Crippen MR) is 366 cm³/mol. The van der Waals surface area contributed by atoms with Gasteiger partial charge in [-0.05, 0) is 25.7 Å². The van der Waals surface area contributed by atoms with Crippen molar-refractivity contribution in [2.75, 3.05) is 13.2 Å². The number of aliphatic hydroxyl groups excluding tert-OH is 2. The SMILES string of the molecule is CCCCCCCCCCCCCCCCCCCCC(=O)OCCCCCCCCCCCCCCCCCCCCCCCCCCCCCCCCCC(=O)NC(CO)C(O)CCCCCCCCCCCCCCCCCCC. The van der Waals surface area contributed by atoms with Crippen LogP contribution in [0.3, 0.4) is 0 Å². The van der Waals surface area contributed by atoms with E-state index in [1.165, 1.54) is 385 Å². The Labute approximate surface area is 521 Å². The molecule has 1 amide bonds. The number of esters is 1. The molecular weight excluding hydrogens is 1020 g/mol. The number of hydrogen-bond donors (Lipinski definition) is 3. The minimum absolute atomic E-state index is 0.0258. The fourth-order valence-corrected chi connectivity index (χ4v) is 12.8. The van der Waals surface area contributed by atoms with Gasteiger partial charge in [-0.15, -0.1) is 0 Å². The molecule has 0 aliphatic rings. The number of nitrogens with one attached hydrogen (secondary N) is 1. The van der Waals surface area contributed by atoms with Crippen LogP contribution in [0.15, 0.2) is 0 Å². The average Bonchev–Trinajstić information content (AvgIpc) is 3.48. The van der Waals surface area contributed by atoms with Crippen LogP contribution in [0.4, 0.5) is 0 Å². The smallest absolute Gasteiger partial charge is 0.305 e. The van der Waals surface area contributed by atoms with Crippen molar-refractivity contribution < 1.29 is 24.5 Å². The lowest BCUT2D eigenvalue weighted by molar-refractivity contribution is -0.143. The first-order chi connectivity index (χ1) is 41.0. The normalized spacial score (nSPS) is 12.4. The van der Waals surface area contributed by atoms with Crippen LogP contribution in [-0.2, 0) is 14.3 Å². The van der Waals surface area contributed by atoms with Gasteiger partial charge in [0.1, 0.15) is 0 Å².